The highest BCUT2D eigenvalue weighted by Crippen LogP contribution is 2.27. The monoisotopic (exact) mass is 499 g/mol. The van der Waals surface area contributed by atoms with Gasteiger partial charge in [-0.05, 0) is 60.7 Å². The molecule has 3 heterocycles. The van der Waals surface area contributed by atoms with Gasteiger partial charge in [-0.3, -0.25) is 9.59 Å². The number of aromatic nitrogens is 3. The highest BCUT2D eigenvalue weighted by atomic mass is 35.5. The minimum atomic E-state index is -0.433. The van der Waals surface area contributed by atoms with Crippen LogP contribution in [0.2, 0.25) is 5.02 Å². The highest BCUT2D eigenvalue weighted by molar-refractivity contribution is 6.30. The number of nitrogens with one attached hydrogen (secondary N) is 3. The van der Waals surface area contributed by atoms with Crippen molar-refractivity contribution in [1.29, 1.82) is 0 Å². The van der Waals surface area contributed by atoms with E-state index in [1.54, 1.807) is 53.6 Å². The number of anilines is 6. The molecule has 3 N–H and O–H groups in total. The fourth-order valence-electron chi connectivity index (χ4n) is 3.84. The molecule has 0 radical (unpaired) electrons. The van der Waals surface area contributed by atoms with Crippen molar-refractivity contribution in [3.8, 4) is 0 Å². The van der Waals surface area contributed by atoms with E-state index in [1.165, 1.54) is 6.33 Å². The summed E-state index contributed by atoms with van der Waals surface area (Å²) in [5.74, 6) is 1.18. The van der Waals surface area contributed by atoms with Gasteiger partial charge in [-0.1, -0.05) is 17.7 Å². The predicted molar refractivity (Wildman–Crippen MR) is 140 cm³/mol. The molecule has 36 heavy (non-hydrogen) atoms. The van der Waals surface area contributed by atoms with Crippen LogP contribution in [0.25, 0.3) is 0 Å². The molecule has 10 heteroatoms. The molecule has 5 rings (SSSR count). The maximum atomic E-state index is 12.8. The molecule has 180 valence electrons. The molecule has 1 saturated heterocycles. The molecule has 2 aromatic heterocycles. The van der Waals surface area contributed by atoms with Crippen molar-refractivity contribution in [3.05, 3.63) is 90.3 Å². The smallest absolute Gasteiger partial charge is 0.229 e. The topological polar surface area (TPSA) is 112 Å². The van der Waals surface area contributed by atoms with Crippen LogP contribution < -0.4 is 20.9 Å². The van der Waals surface area contributed by atoms with Crippen LogP contribution in [0, 0.1) is 5.92 Å². The summed E-state index contributed by atoms with van der Waals surface area (Å²) < 4.78 is 0. The van der Waals surface area contributed by atoms with Gasteiger partial charge >= 0.3 is 0 Å². The minimum Gasteiger partial charge on any atom is -0.340 e. The number of carbonyl (C=O) groups is 2. The third-order valence-electron chi connectivity index (χ3n) is 5.65. The van der Waals surface area contributed by atoms with Crippen molar-refractivity contribution in [3.63, 3.8) is 0 Å². The molecule has 1 atom stereocenters. The second-order valence-electron chi connectivity index (χ2n) is 8.20. The van der Waals surface area contributed by atoms with E-state index >= 15 is 0 Å². The van der Waals surface area contributed by atoms with Crippen LogP contribution in [0.3, 0.4) is 0 Å². The maximum Gasteiger partial charge on any atom is 0.229 e. The van der Waals surface area contributed by atoms with Gasteiger partial charge in [-0.15, -0.1) is 0 Å². The highest BCUT2D eigenvalue weighted by Gasteiger charge is 2.35. The van der Waals surface area contributed by atoms with Crippen molar-refractivity contribution in [2.24, 2.45) is 5.92 Å². The lowest BCUT2D eigenvalue weighted by atomic mass is 10.1. The Kier molecular flexibility index (Phi) is 6.72. The first-order valence-corrected chi connectivity index (χ1v) is 11.7. The first kappa shape index (κ1) is 23.3. The Hall–Kier alpha value is -4.50. The third kappa shape index (κ3) is 5.59. The van der Waals surface area contributed by atoms with E-state index in [4.69, 9.17) is 11.6 Å². The molecular formula is C26H22ClN7O2. The average Bonchev–Trinajstić information content (AvgIpc) is 3.28. The van der Waals surface area contributed by atoms with Crippen molar-refractivity contribution >= 4 is 57.9 Å². The average molecular weight is 500 g/mol. The summed E-state index contributed by atoms with van der Waals surface area (Å²) in [6.07, 6.45) is 3.32. The van der Waals surface area contributed by atoms with E-state index in [1.807, 2.05) is 30.3 Å². The SMILES string of the molecule is O=C(Nc1ccc(Nc2cc(Nc3ccccn3)ncn2)cc1)C1CC(=O)N(c2ccc(Cl)cc2)C1. The summed E-state index contributed by atoms with van der Waals surface area (Å²) in [4.78, 5) is 39.6. The number of hydrogen-bond donors (Lipinski definition) is 3. The Morgan fingerprint density at radius 2 is 1.58 bits per heavy atom. The second-order valence-corrected chi connectivity index (χ2v) is 8.64. The fraction of sp³-hybridized carbons (Fsp3) is 0.115. The molecule has 1 unspecified atom stereocenters. The molecule has 0 aliphatic carbocycles. The van der Waals surface area contributed by atoms with Crippen molar-refractivity contribution < 1.29 is 9.59 Å². The van der Waals surface area contributed by atoms with Crippen LogP contribution in [0.4, 0.5) is 34.5 Å². The van der Waals surface area contributed by atoms with Crippen molar-refractivity contribution in [2.75, 3.05) is 27.4 Å². The molecule has 0 bridgehead atoms. The summed E-state index contributed by atoms with van der Waals surface area (Å²) in [5, 5.41) is 9.84. The van der Waals surface area contributed by atoms with Gasteiger partial charge in [0.25, 0.3) is 0 Å². The molecule has 0 saturated carbocycles. The van der Waals surface area contributed by atoms with E-state index in [9.17, 15) is 9.59 Å². The summed E-state index contributed by atoms with van der Waals surface area (Å²) in [6.45, 7) is 0.328. The Labute approximate surface area is 212 Å². The standard InChI is InChI=1S/C26H22ClN7O2/c27-18-4-10-21(11-5-18)34-15-17(13-25(34)35)26(36)32-20-8-6-19(7-9-20)31-23-14-24(30-16-29-23)33-22-3-1-2-12-28-22/h1-12,14,16-17H,13,15H2,(H,32,36)(H2,28,29,30,31,33). The van der Waals surface area contributed by atoms with E-state index < -0.39 is 5.92 Å². The fourth-order valence-corrected chi connectivity index (χ4v) is 3.97. The van der Waals surface area contributed by atoms with E-state index in [-0.39, 0.29) is 18.2 Å². The molecule has 9 nitrogen and oxygen atoms in total. The number of rotatable bonds is 7. The Morgan fingerprint density at radius 1 is 0.861 bits per heavy atom. The van der Waals surface area contributed by atoms with Crippen LogP contribution in [0.1, 0.15) is 6.42 Å². The van der Waals surface area contributed by atoms with Gasteiger partial charge in [0.15, 0.2) is 0 Å². The van der Waals surface area contributed by atoms with Gasteiger partial charge in [-0.25, -0.2) is 15.0 Å². The second kappa shape index (κ2) is 10.4. The zero-order chi connectivity index (χ0) is 24.9. The summed E-state index contributed by atoms with van der Waals surface area (Å²) >= 11 is 5.93. The molecule has 2 aromatic carbocycles. The molecular weight excluding hydrogens is 478 g/mol. The van der Waals surface area contributed by atoms with E-state index in [2.05, 4.69) is 30.9 Å². The first-order chi connectivity index (χ1) is 17.5. The van der Waals surface area contributed by atoms with Gasteiger partial charge in [0, 0.05) is 47.3 Å². The van der Waals surface area contributed by atoms with Crippen LogP contribution in [-0.2, 0) is 9.59 Å². The van der Waals surface area contributed by atoms with Crippen molar-refractivity contribution in [2.45, 2.75) is 6.42 Å². The number of benzene rings is 2. The van der Waals surface area contributed by atoms with Gasteiger partial charge in [-0.2, -0.15) is 0 Å². The predicted octanol–water partition coefficient (Wildman–Crippen LogP) is 5.00. The summed E-state index contributed by atoms with van der Waals surface area (Å²) in [5.41, 5.74) is 2.17. The van der Waals surface area contributed by atoms with E-state index in [0.29, 0.717) is 34.7 Å². The molecule has 0 spiro atoms. The number of nitrogens with zero attached hydrogens (tertiary/aromatic N) is 4. The lowest BCUT2D eigenvalue weighted by molar-refractivity contribution is -0.122. The molecule has 1 fully saturated rings. The number of hydrogen-bond acceptors (Lipinski definition) is 7. The van der Waals surface area contributed by atoms with Crippen LogP contribution in [-0.4, -0.2) is 33.3 Å². The summed E-state index contributed by atoms with van der Waals surface area (Å²) in [6, 6.07) is 21.6. The van der Waals surface area contributed by atoms with Gasteiger partial charge < -0.3 is 20.9 Å². The number of carbonyl (C=O) groups excluding carboxylic acids is 2. The maximum absolute atomic E-state index is 12.8. The minimum absolute atomic E-state index is 0.0845. The first-order valence-electron chi connectivity index (χ1n) is 11.3. The van der Waals surface area contributed by atoms with Gasteiger partial charge in [0.1, 0.15) is 23.8 Å². The number of halogens is 1. The lowest BCUT2D eigenvalue weighted by Crippen LogP contribution is -2.28. The lowest BCUT2D eigenvalue weighted by Gasteiger charge is -2.17. The van der Waals surface area contributed by atoms with Gasteiger partial charge in [0.05, 0.1) is 5.92 Å². The Balaban J connectivity index is 1.18. The molecule has 4 aromatic rings. The van der Waals surface area contributed by atoms with Crippen LogP contribution >= 0.6 is 11.6 Å². The molecule has 1 aliphatic rings. The summed E-state index contributed by atoms with van der Waals surface area (Å²) in [7, 11) is 0. The normalized spacial score (nSPS) is 15.0. The quantitative estimate of drug-likeness (QED) is 0.328. The number of amides is 2. The van der Waals surface area contributed by atoms with Gasteiger partial charge in [0.2, 0.25) is 11.8 Å². The largest absolute Gasteiger partial charge is 0.340 e. The van der Waals surface area contributed by atoms with E-state index in [0.717, 1.165) is 11.4 Å². The van der Waals surface area contributed by atoms with Crippen LogP contribution in [0.15, 0.2) is 85.3 Å². The Bertz CT molecular complexity index is 1370. The zero-order valence-corrected chi connectivity index (χ0v) is 19.8. The number of pyridine rings is 1. The van der Waals surface area contributed by atoms with Crippen LogP contribution in [0.5, 0.6) is 0 Å². The third-order valence-corrected chi connectivity index (χ3v) is 5.90. The zero-order valence-electron chi connectivity index (χ0n) is 19.1. The molecule has 2 amide bonds. The molecule has 1 aliphatic heterocycles. The Morgan fingerprint density at radius 3 is 2.31 bits per heavy atom. The van der Waals surface area contributed by atoms with Crippen molar-refractivity contribution in [1.82, 2.24) is 15.0 Å².